The van der Waals surface area contributed by atoms with Crippen molar-refractivity contribution in [1.29, 1.82) is 0 Å². The van der Waals surface area contributed by atoms with Gasteiger partial charge in [0.25, 0.3) is 15.5 Å². The van der Waals surface area contributed by atoms with Crippen LogP contribution in [0, 0.1) is 10.1 Å². The van der Waals surface area contributed by atoms with Crippen LogP contribution in [0.2, 0.25) is 0 Å². The van der Waals surface area contributed by atoms with Gasteiger partial charge in [-0.1, -0.05) is 0 Å². The molecule has 25 heavy (non-hydrogen) atoms. The quantitative estimate of drug-likeness (QED) is 0.582. The van der Waals surface area contributed by atoms with E-state index in [4.69, 9.17) is 0 Å². The normalized spacial score (nSPS) is 16.0. The van der Waals surface area contributed by atoms with Crippen molar-refractivity contribution in [3.05, 3.63) is 28.3 Å². The summed E-state index contributed by atoms with van der Waals surface area (Å²) in [7, 11) is -5.68. The number of halogens is 3. The Labute approximate surface area is 140 Å². The SMILES string of the molecule is CC(=O)N1CCN(c2ccc(S(=O)(=O)C(F)(F)F)cc2[N+](=O)[O-])CC1. The second-order valence-electron chi connectivity index (χ2n) is 5.35. The van der Waals surface area contributed by atoms with Gasteiger partial charge < -0.3 is 9.80 Å². The van der Waals surface area contributed by atoms with Gasteiger partial charge in [0.2, 0.25) is 5.91 Å². The number of hydrogen-bond acceptors (Lipinski definition) is 6. The summed E-state index contributed by atoms with van der Waals surface area (Å²) in [6, 6.07) is 2.10. The molecule has 1 aliphatic heterocycles. The number of nitro benzene ring substituents is 1. The molecule has 1 aliphatic rings. The number of alkyl halides is 3. The number of amides is 1. The Kier molecular flexibility index (Phi) is 4.93. The first-order valence-electron chi connectivity index (χ1n) is 7.05. The van der Waals surface area contributed by atoms with E-state index in [2.05, 4.69) is 0 Å². The molecule has 0 spiro atoms. The van der Waals surface area contributed by atoms with Crippen LogP contribution in [-0.4, -0.2) is 55.8 Å². The van der Waals surface area contributed by atoms with Crippen LogP contribution >= 0.6 is 0 Å². The van der Waals surface area contributed by atoms with E-state index in [0.29, 0.717) is 25.2 Å². The predicted octanol–water partition coefficient (Wildman–Crippen LogP) is 1.56. The first kappa shape index (κ1) is 19.0. The van der Waals surface area contributed by atoms with E-state index in [1.54, 1.807) is 0 Å². The van der Waals surface area contributed by atoms with E-state index in [9.17, 15) is 36.5 Å². The number of nitrogens with zero attached hydrogens (tertiary/aromatic N) is 3. The second-order valence-corrected chi connectivity index (χ2v) is 7.29. The van der Waals surface area contributed by atoms with Gasteiger partial charge in [-0.25, -0.2) is 8.42 Å². The lowest BCUT2D eigenvalue weighted by molar-refractivity contribution is -0.384. The number of piperazine rings is 1. The lowest BCUT2D eigenvalue weighted by Gasteiger charge is -2.35. The molecule has 138 valence electrons. The van der Waals surface area contributed by atoms with Crippen molar-refractivity contribution in [2.75, 3.05) is 31.1 Å². The van der Waals surface area contributed by atoms with Gasteiger partial charge in [-0.2, -0.15) is 13.2 Å². The van der Waals surface area contributed by atoms with Crippen molar-refractivity contribution < 1.29 is 31.3 Å². The molecule has 1 fully saturated rings. The first-order chi connectivity index (χ1) is 11.4. The van der Waals surface area contributed by atoms with E-state index >= 15 is 0 Å². The van der Waals surface area contributed by atoms with E-state index in [1.165, 1.54) is 16.7 Å². The zero-order chi connectivity index (χ0) is 19.0. The van der Waals surface area contributed by atoms with Crippen molar-refractivity contribution in [3.63, 3.8) is 0 Å². The molecule has 0 aromatic heterocycles. The summed E-state index contributed by atoms with van der Waals surface area (Å²) in [5, 5.41) is 11.2. The lowest BCUT2D eigenvalue weighted by Crippen LogP contribution is -2.48. The van der Waals surface area contributed by atoms with Crippen molar-refractivity contribution in [1.82, 2.24) is 4.90 Å². The molecule has 1 saturated heterocycles. The summed E-state index contributed by atoms with van der Waals surface area (Å²) in [6.45, 7) is 2.47. The molecule has 0 aliphatic carbocycles. The van der Waals surface area contributed by atoms with Crippen molar-refractivity contribution in [2.45, 2.75) is 17.3 Å². The molecule has 8 nitrogen and oxygen atoms in total. The molecule has 0 unspecified atom stereocenters. The fourth-order valence-electron chi connectivity index (χ4n) is 2.48. The van der Waals surface area contributed by atoms with Crippen molar-refractivity contribution >= 4 is 27.1 Å². The van der Waals surface area contributed by atoms with E-state index in [-0.39, 0.29) is 24.7 Å². The van der Waals surface area contributed by atoms with Crippen LogP contribution < -0.4 is 4.90 Å². The average Bonchev–Trinajstić information content (AvgIpc) is 2.53. The molecule has 1 heterocycles. The monoisotopic (exact) mass is 381 g/mol. The Balaban J connectivity index is 2.39. The maximum atomic E-state index is 12.6. The molecule has 1 aromatic rings. The zero-order valence-electron chi connectivity index (χ0n) is 13.0. The molecule has 2 rings (SSSR count). The molecular weight excluding hydrogens is 367 g/mol. The van der Waals surface area contributed by atoms with Crippen molar-refractivity contribution in [2.24, 2.45) is 0 Å². The summed E-state index contributed by atoms with van der Waals surface area (Å²) >= 11 is 0. The minimum Gasteiger partial charge on any atom is -0.362 e. The summed E-state index contributed by atoms with van der Waals surface area (Å²) in [4.78, 5) is 23.4. The molecule has 0 N–H and O–H groups in total. The number of rotatable bonds is 3. The van der Waals surface area contributed by atoms with Gasteiger partial charge in [-0.05, 0) is 12.1 Å². The molecular formula is C13H14F3N3O5S. The maximum absolute atomic E-state index is 12.6. The number of carbonyl (C=O) groups excluding carboxylic acids is 1. The molecule has 0 bridgehead atoms. The third kappa shape index (κ3) is 3.67. The van der Waals surface area contributed by atoms with E-state index < -0.39 is 30.9 Å². The molecule has 1 aromatic carbocycles. The van der Waals surface area contributed by atoms with E-state index in [0.717, 1.165) is 6.07 Å². The van der Waals surface area contributed by atoms with E-state index in [1.807, 2.05) is 0 Å². The highest BCUT2D eigenvalue weighted by Crippen LogP contribution is 2.36. The zero-order valence-corrected chi connectivity index (χ0v) is 13.8. The lowest BCUT2D eigenvalue weighted by atomic mass is 10.2. The number of benzene rings is 1. The topological polar surface area (TPSA) is 101 Å². The van der Waals surface area contributed by atoms with Crippen LogP contribution in [0.5, 0.6) is 0 Å². The number of anilines is 1. The second kappa shape index (κ2) is 6.50. The largest absolute Gasteiger partial charge is 0.501 e. The Hall–Kier alpha value is -2.37. The van der Waals surface area contributed by atoms with Crippen molar-refractivity contribution in [3.8, 4) is 0 Å². The predicted molar refractivity (Wildman–Crippen MR) is 80.8 cm³/mol. The standard InChI is InChI=1S/C13H14F3N3O5S/c1-9(20)17-4-6-18(7-5-17)11-3-2-10(8-12(11)19(21)22)25(23,24)13(14,15)16/h2-3,8H,4-7H2,1H3. The van der Waals surface area contributed by atoms with Gasteiger partial charge in [0.1, 0.15) is 5.69 Å². The molecule has 1 amide bonds. The van der Waals surface area contributed by atoms with Crippen LogP contribution in [0.1, 0.15) is 6.92 Å². The third-order valence-corrected chi connectivity index (χ3v) is 5.31. The third-order valence-electron chi connectivity index (χ3n) is 3.82. The number of sulfone groups is 1. The highest BCUT2D eigenvalue weighted by atomic mass is 32.2. The maximum Gasteiger partial charge on any atom is 0.501 e. The van der Waals surface area contributed by atoms with Crippen LogP contribution in [0.4, 0.5) is 24.5 Å². The molecule has 0 atom stereocenters. The summed E-state index contributed by atoms with van der Waals surface area (Å²) in [5.41, 5.74) is -6.27. The smallest absolute Gasteiger partial charge is 0.362 e. The van der Waals surface area contributed by atoms with Gasteiger partial charge in [0, 0.05) is 39.2 Å². The summed E-state index contributed by atoms with van der Waals surface area (Å²) in [6.07, 6.45) is 0. The van der Waals surface area contributed by atoms with Crippen LogP contribution in [0.3, 0.4) is 0 Å². The first-order valence-corrected chi connectivity index (χ1v) is 8.53. The van der Waals surface area contributed by atoms with Crippen LogP contribution in [0.15, 0.2) is 23.1 Å². The highest BCUT2D eigenvalue weighted by molar-refractivity contribution is 7.92. The number of carbonyl (C=O) groups is 1. The Bertz CT molecular complexity index is 802. The molecule has 0 radical (unpaired) electrons. The van der Waals surface area contributed by atoms with Gasteiger partial charge >= 0.3 is 5.51 Å². The number of nitro groups is 1. The molecule has 12 heteroatoms. The minimum atomic E-state index is -5.68. The minimum absolute atomic E-state index is 0.00864. The summed E-state index contributed by atoms with van der Waals surface area (Å²) < 4.78 is 60.7. The number of hydrogen-bond donors (Lipinski definition) is 0. The summed E-state index contributed by atoms with van der Waals surface area (Å²) in [5.74, 6) is -0.152. The fourth-order valence-corrected chi connectivity index (χ4v) is 3.26. The average molecular weight is 381 g/mol. The fraction of sp³-hybridized carbons (Fsp3) is 0.462. The van der Waals surface area contributed by atoms with Gasteiger partial charge in [0.05, 0.1) is 9.82 Å². The van der Waals surface area contributed by atoms with Crippen LogP contribution in [0.25, 0.3) is 0 Å². The Morgan fingerprint density at radius 3 is 2.20 bits per heavy atom. The highest BCUT2D eigenvalue weighted by Gasteiger charge is 2.47. The van der Waals surface area contributed by atoms with Gasteiger partial charge in [0.15, 0.2) is 0 Å². The Morgan fingerprint density at radius 2 is 1.76 bits per heavy atom. The van der Waals surface area contributed by atoms with Gasteiger partial charge in [-0.15, -0.1) is 0 Å². The van der Waals surface area contributed by atoms with Gasteiger partial charge in [-0.3, -0.25) is 14.9 Å². The van der Waals surface area contributed by atoms with Crippen LogP contribution in [-0.2, 0) is 14.6 Å². The molecule has 0 saturated carbocycles. The Morgan fingerprint density at radius 1 is 1.20 bits per heavy atom.